The zero-order valence-electron chi connectivity index (χ0n) is 9.61. The average Bonchev–Trinajstić information content (AvgIpc) is 2.30. The molecule has 0 heterocycles. The molecule has 1 rings (SSSR count). The molecule has 0 aromatic heterocycles. The van der Waals surface area contributed by atoms with Gasteiger partial charge in [0.2, 0.25) is 0 Å². The summed E-state index contributed by atoms with van der Waals surface area (Å²) >= 11 is 1.60. The summed E-state index contributed by atoms with van der Waals surface area (Å²) in [7, 11) is 0. The van der Waals surface area contributed by atoms with Gasteiger partial charge in [0.05, 0.1) is 0 Å². The Bertz CT molecular complexity index is 334. The molecule has 0 bridgehead atoms. The topological polar surface area (TPSA) is 29.5 Å². The van der Waals surface area contributed by atoms with Crippen LogP contribution in [0.25, 0.3) is 0 Å². The third kappa shape index (κ3) is 5.37. The van der Waals surface area contributed by atoms with Gasteiger partial charge in [-0.3, -0.25) is 0 Å². The van der Waals surface area contributed by atoms with Gasteiger partial charge in [-0.15, -0.1) is 0 Å². The lowest BCUT2D eigenvalue weighted by Crippen LogP contribution is -2.05. The Kier molecular flexibility index (Phi) is 6.29. The molecule has 5 heteroatoms. The van der Waals surface area contributed by atoms with Crippen LogP contribution in [0.2, 0.25) is 0 Å². The second kappa shape index (κ2) is 7.50. The number of halogens is 2. The second-order valence-corrected chi connectivity index (χ2v) is 4.82. The lowest BCUT2D eigenvalue weighted by atomic mass is 10.2. The van der Waals surface area contributed by atoms with Crippen molar-refractivity contribution in [2.24, 2.45) is 5.92 Å². The van der Waals surface area contributed by atoms with Gasteiger partial charge in [0, 0.05) is 17.9 Å². The van der Waals surface area contributed by atoms with E-state index in [1.54, 1.807) is 30.0 Å². The van der Waals surface area contributed by atoms with E-state index >= 15 is 0 Å². The van der Waals surface area contributed by atoms with E-state index < -0.39 is 6.61 Å². The summed E-state index contributed by atoms with van der Waals surface area (Å²) in [5.41, 5.74) is 0.753. The van der Waals surface area contributed by atoms with Gasteiger partial charge in [-0.2, -0.15) is 20.5 Å². The lowest BCUT2D eigenvalue weighted by molar-refractivity contribution is -0.0503. The van der Waals surface area contributed by atoms with Crippen molar-refractivity contribution in [1.82, 2.24) is 0 Å². The van der Waals surface area contributed by atoms with Crippen LogP contribution in [0.3, 0.4) is 0 Å². The third-order valence-electron chi connectivity index (χ3n) is 2.16. The van der Waals surface area contributed by atoms with Crippen molar-refractivity contribution in [3.63, 3.8) is 0 Å². The molecule has 0 radical (unpaired) electrons. The SMILES string of the molecule is CC(CO)CSCc1ccccc1OC(F)F. The van der Waals surface area contributed by atoms with Crippen LogP contribution in [0.15, 0.2) is 24.3 Å². The van der Waals surface area contributed by atoms with E-state index in [0.29, 0.717) is 5.75 Å². The molecule has 0 fully saturated rings. The third-order valence-corrected chi connectivity index (χ3v) is 3.48. The van der Waals surface area contributed by atoms with Crippen LogP contribution in [0, 0.1) is 5.92 Å². The Morgan fingerprint density at radius 2 is 2.06 bits per heavy atom. The lowest BCUT2D eigenvalue weighted by Gasteiger charge is -2.11. The highest BCUT2D eigenvalue weighted by Crippen LogP contribution is 2.25. The molecule has 0 saturated heterocycles. The van der Waals surface area contributed by atoms with Crippen LogP contribution >= 0.6 is 11.8 Å². The van der Waals surface area contributed by atoms with Gasteiger partial charge in [-0.25, -0.2) is 0 Å². The van der Waals surface area contributed by atoms with Gasteiger partial charge in [-0.1, -0.05) is 25.1 Å². The average molecular weight is 262 g/mol. The fraction of sp³-hybridized carbons (Fsp3) is 0.500. The number of ether oxygens (including phenoxy) is 1. The van der Waals surface area contributed by atoms with Crippen LogP contribution in [0.1, 0.15) is 12.5 Å². The molecule has 0 aliphatic heterocycles. The molecule has 1 N–H and O–H groups in total. The minimum absolute atomic E-state index is 0.141. The maximum absolute atomic E-state index is 12.1. The predicted molar refractivity (Wildman–Crippen MR) is 65.5 cm³/mol. The monoisotopic (exact) mass is 262 g/mol. The van der Waals surface area contributed by atoms with Crippen molar-refractivity contribution < 1.29 is 18.6 Å². The molecule has 0 amide bonds. The standard InChI is InChI=1S/C12H16F2O2S/c1-9(6-15)7-17-8-10-4-2-3-5-11(10)16-12(13)14/h2-5,9,12,15H,6-8H2,1H3. The first kappa shape index (κ1) is 14.3. The number of thioether (sulfide) groups is 1. The molecule has 0 saturated carbocycles. The maximum atomic E-state index is 12.1. The molecule has 1 unspecified atom stereocenters. The molecule has 0 aliphatic carbocycles. The Labute approximate surface area is 104 Å². The van der Waals surface area contributed by atoms with Crippen LogP contribution in [-0.4, -0.2) is 24.1 Å². The molecule has 1 atom stereocenters. The fourth-order valence-electron chi connectivity index (χ4n) is 1.26. The zero-order valence-corrected chi connectivity index (χ0v) is 10.4. The van der Waals surface area contributed by atoms with E-state index in [4.69, 9.17) is 5.11 Å². The second-order valence-electron chi connectivity index (χ2n) is 3.79. The predicted octanol–water partition coefficient (Wildman–Crippen LogP) is 3.15. The molecule has 17 heavy (non-hydrogen) atoms. The molecule has 1 aromatic carbocycles. The van der Waals surface area contributed by atoms with Crippen LogP contribution in [0.4, 0.5) is 8.78 Å². The van der Waals surface area contributed by atoms with E-state index in [9.17, 15) is 8.78 Å². The molecular weight excluding hydrogens is 246 g/mol. The highest BCUT2D eigenvalue weighted by atomic mass is 32.2. The number of alkyl halides is 2. The van der Waals surface area contributed by atoms with Crippen LogP contribution in [-0.2, 0) is 5.75 Å². The van der Waals surface area contributed by atoms with E-state index in [1.165, 1.54) is 6.07 Å². The smallest absolute Gasteiger partial charge is 0.387 e. The van der Waals surface area contributed by atoms with Gasteiger partial charge < -0.3 is 9.84 Å². The number of aliphatic hydroxyl groups is 1. The van der Waals surface area contributed by atoms with E-state index in [-0.39, 0.29) is 18.3 Å². The largest absolute Gasteiger partial charge is 0.435 e. The summed E-state index contributed by atoms with van der Waals surface area (Å²) in [5.74, 6) is 1.84. The molecular formula is C12H16F2O2S. The van der Waals surface area contributed by atoms with Crippen molar-refractivity contribution in [2.45, 2.75) is 19.3 Å². The van der Waals surface area contributed by atoms with E-state index in [0.717, 1.165) is 11.3 Å². The summed E-state index contributed by atoms with van der Waals surface area (Å²) in [6.45, 7) is -0.714. The highest BCUT2D eigenvalue weighted by molar-refractivity contribution is 7.98. The summed E-state index contributed by atoms with van der Waals surface area (Å²) in [5, 5.41) is 8.87. The van der Waals surface area contributed by atoms with Gasteiger partial charge in [0.25, 0.3) is 0 Å². The van der Waals surface area contributed by atoms with E-state index in [1.807, 2.05) is 6.92 Å². The van der Waals surface area contributed by atoms with Gasteiger partial charge in [-0.05, 0) is 17.7 Å². The normalized spacial score (nSPS) is 12.8. The van der Waals surface area contributed by atoms with Crippen molar-refractivity contribution in [2.75, 3.05) is 12.4 Å². The maximum Gasteiger partial charge on any atom is 0.387 e. The molecule has 2 nitrogen and oxygen atoms in total. The Morgan fingerprint density at radius 1 is 1.35 bits per heavy atom. The van der Waals surface area contributed by atoms with Crippen LogP contribution < -0.4 is 4.74 Å². The summed E-state index contributed by atoms with van der Waals surface area (Å²) in [6, 6.07) is 6.78. The number of benzene rings is 1. The number of rotatable bonds is 7. The summed E-state index contributed by atoms with van der Waals surface area (Å²) in [4.78, 5) is 0. The quantitative estimate of drug-likeness (QED) is 0.818. The van der Waals surface area contributed by atoms with Gasteiger partial charge in [0.15, 0.2) is 0 Å². The van der Waals surface area contributed by atoms with Crippen molar-refractivity contribution in [1.29, 1.82) is 0 Å². The highest BCUT2D eigenvalue weighted by Gasteiger charge is 2.09. The molecule has 1 aromatic rings. The zero-order chi connectivity index (χ0) is 12.7. The number of hydrogen-bond acceptors (Lipinski definition) is 3. The first-order valence-electron chi connectivity index (χ1n) is 5.34. The first-order chi connectivity index (χ1) is 8.13. The minimum Gasteiger partial charge on any atom is -0.435 e. The number of hydrogen-bond donors (Lipinski definition) is 1. The van der Waals surface area contributed by atoms with E-state index in [2.05, 4.69) is 4.74 Å². The van der Waals surface area contributed by atoms with Crippen molar-refractivity contribution >= 4 is 11.8 Å². The van der Waals surface area contributed by atoms with Gasteiger partial charge >= 0.3 is 6.61 Å². The Balaban J connectivity index is 2.51. The molecule has 96 valence electrons. The fourth-order valence-corrected chi connectivity index (χ4v) is 2.34. The summed E-state index contributed by atoms with van der Waals surface area (Å²) < 4.78 is 28.7. The van der Waals surface area contributed by atoms with Gasteiger partial charge in [0.1, 0.15) is 5.75 Å². The first-order valence-corrected chi connectivity index (χ1v) is 6.50. The number of aliphatic hydroxyl groups excluding tert-OH is 1. The number of para-hydroxylation sites is 1. The van der Waals surface area contributed by atoms with Crippen LogP contribution in [0.5, 0.6) is 5.75 Å². The molecule has 0 spiro atoms. The molecule has 0 aliphatic rings. The Hall–Kier alpha value is -0.810. The Morgan fingerprint density at radius 3 is 2.71 bits per heavy atom. The van der Waals surface area contributed by atoms with Crippen molar-refractivity contribution in [3.05, 3.63) is 29.8 Å². The van der Waals surface area contributed by atoms with Crippen molar-refractivity contribution in [3.8, 4) is 5.75 Å². The minimum atomic E-state index is -2.79. The summed E-state index contributed by atoms with van der Waals surface area (Å²) in [6.07, 6.45) is 0.